The van der Waals surface area contributed by atoms with E-state index < -0.39 is 0 Å². The molecule has 9 aromatic rings. The molecule has 0 atom stereocenters. The van der Waals surface area contributed by atoms with E-state index in [0.29, 0.717) is 0 Å². The summed E-state index contributed by atoms with van der Waals surface area (Å²) in [6.45, 7) is 14.7. The molecule has 11 rings (SSSR count). The number of fused-ring (bicyclic) bond motifs is 9. The van der Waals surface area contributed by atoms with Gasteiger partial charge in [-0.25, -0.2) is 9.97 Å². The quantitative estimate of drug-likeness (QED) is 0.178. The largest absolute Gasteiger partial charge is 0.228 e. The molecule has 0 fully saturated rings. The van der Waals surface area contributed by atoms with Crippen molar-refractivity contribution >= 4 is 54.0 Å². The number of nitrogens with zero attached hydrogens (tertiary/aromatic N) is 2. The van der Waals surface area contributed by atoms with Crippen LogP contribution in [0.4, 0.5) is 0 Å². The Morgan fingerprint density at radius 2 is 1.12 bits per heavy atom. The average molecular weight is 771 g/mol. The van der Waals surface area contributed by atoms with Gasteiger partial charge in [0.05, 0.1) is 11.4 Å². The van der Waals surface area contributed by atoms with E-state index in [9.17, 15) is 0 Å². The van der Waals surface area contributed by atoms with Crippen molar-refractivity contribution in [2.45, 2.75) is 62.2 Å². The highest BCUT2D eigenvalue weighted by Gasteiger charge is 2.57. The lowest BCUT2D eigenvalue weighted by atomic mass is 9.59. The Hall–Kier alpha value is -5.55. The van der Waals surface area contributed by atoms with Crippen LogP contribution >= 0.6 is 23.1 Å². The molecule has 4 heteroatoms. The summed E-state index contributed by atoms with van der Waals surface area (Å²) in [4.78, 5) is 13.2. The number of rotatable bonds is 4. The van der Waals surface area contributed by atoms with Gasteiger partial charge in [-0.1, -0.05) is 169 Å². The van der Waals surface area contributed by atoms with E-state index in [1.54, 1.807) is 0 Å². The van der Waals surface area contributed by atoms with Gasteiger partial charge in [0.2, 0.25) is 0 Å². The van der Waals surface area contributed by atoms with Gasteiger partial charge >= 0.3 is 0 Å². The predicted octanol–water partition coefficient (Wildman–Crippen LogP) is 15.4. The fourth-order valence-corrected chi connectivity index (χ4v) is 11.9. The Bertz CT molecular complexity index is 3130. The van der Waals surface area contributed by atoms with Gasteiger partial charge in [0.1, 0.15) is 0 Å². The molecule has 0 spiro atoms. The second-order valence-corrected chi connectivity index (χ2v) is 19.6. The second kappa shape index (κ2) is 12.2. The number of thiophene rings is 1. The van der Waals surface area contributed by atoms with Gasteiger partial charge in [-0.3, -0.25) is 0 Å². The van der Waals surface area contributed by atoms with Crippen LogP contribution < -0.4 is 0 Å². The molecule has 2 aliphatic rings. The fourth-order valence-electron chi connectivity index (χ4n) is 9.65. The molecule has 0 saturated heterocycles. The van der Waals surface area contributed by atoms with Gasteiger partial charge in [-0.05, 0) is 90.7 Å². The highest BCUT2D eigenvalue weighted by atomic mass is 32.2. The van der Waals surface area contributed by atoms with Crippen molar-refractivity contribution in [3.05, 3.63) is 157 Å². The minimum atomic E-state index is -0.0416. The minimum absolute atomic E-state index is 0.00594. The number of hydrogen-bond donors (Lipinski definition) is 0. The zero-order valence-electron chi connectivity index (χ0n) is 33.1. The molecule has 2 aromatic heterocycles. The summed E-state index contributed by atoms with van der Waals surface area (Å²) < 4.78 is 2.57. The molecule has 0 unspecified atom stereocenters. The smallest absolute Gasteiger partial charge is 0.160 e. The van der Waals surface area contributed by atoms with Crippen LogP contribution in [-0.4, -0.2) is 9.97 Å². The van der Waals surface area contributed by atoms with E-state index >= 15 is 0 Å². The summed E-state index contributed by atoms with van der Waals surface area (Å²) in [6.07, 6.45) is 0. The first-order valence-corrected chi connectivity index (χ1v) is 21.5. The van der Waals surface area contributed by atoms with E-state index in [2.05, 4.69) is 187 Å². The van der Waals surface area contributed by atoms with Gasteiger partial charge in [0, 0.05) is 46.7 Å². The van der Waals surface area contributed by atoms with Gasteiger partial charge < -0.3 is 0 Å². The van der Waals surface area contributed by atoms with Crippen molar-refractivity contribution in [3.63, 3.8) is 0 Å². The van der Waals surface area contributed by atoms with Crippen LogP contribution in [0.15, 0.2) is 155 Å². The topological polar surface area (TPSA) is 25.8 Å². The lowest BCUT2D eigenvalue weighted by Crippen LogP contribution is -2.42. The lowest BCUT2D eigenvalue weighted by molar-refractivity contribution is 0.125. The molecule has 1 aliphatic heterocycles. The molecule has 1 aliphatic carbocycles. The van der Waals surface area contributed by atoms with E-state index in [0.717, 1.165) is 33.9 Å². The molecule has 3 heterocycles. The molecule has 0 radical (unpaired) electrons. The monoisotopic (exact) mass is 770 g/mol. The van der Waals surface area contributed by atoms with Crippen molar-refractivity contribution in [2.24, 2.45) is 5.41 Å². The van der Waals surface area contributed by atoms with Gasteiger partial charge in [-0.2, -0.15) is 0 Å². The molecule has 0 saturated carbocycles. The number of benzene rings is 7. The van der Waals surface area contributed by atoms with Crippen molar-refractivity contribution in [1.82, 2.24) is 9.97 Å². The first kappa shape index (κ1) is 34.7. The molecule has 0 N–H and O–H groups in total. The molecule has 0 amide bonds. The van der Waals surface area contributed by atoms with Gasteiger partial charge in [0.25, 0.3) is 0 Å². The molecular weight excluding hydrogens is 729 g/mol. The summed E-state index contributed by atoms with van der Waals surface area (Å²) in [7, 11) is 0. The fraction of sp³-hybridized carbons (Fsp3) is 0.170. The molecular formula is C53H42N2S2. The van der Waals surface area contributed by atoms with Crippen LogP contribution in [0.5, 0.6) is 0 Å². The predicted molar refractivity (Wildman–Crippen MR) is 244 cm³/mol. The molecule has 7 aromatic carbocycles. The Morgan fingerprint density at radius 3 is 1.96 bits per heavy atom. The third-order valence-corrected chi connectivity index (χ3v) is 16.2. The third kappa shape index (κ3) is 5.03. The van der Waals surface area contributed by atoms with Crippen LogP contribution in [0.3, 0.4) is 0 Å². The van der Waals surface area contributed by atoms with Gasteiger partial charge in [0.15, 0.2) is 5.82 Å². The molecule has 276 valence electrons. The Balaban J connectivity index is 1.08. The normalized spacial score (nSPS) is 15.9. The maximum Gasteiger partial charge on any atom is 0.160 e. The van der Waals surface area contributed by atoms with Gasteiger partial charge in [-0.15, -0.1) is 11.3 Å². The molecule has 2 bridgehead atoms. The summed E-state index contributed by atoms with van der Waals surface area (Å²) in [5.74, 6) is 0.730. The summed E-state index contributed by atoms with van der Waals surface area (Å²) in [6, 6.07) is 53.6. The van der Waals surface area contributed by atoms with Crippen molar-refractivity contribution in [1.29, 1.82) is 0 Å². The Kier molecular flexibility index (Phi) is 7.44. The highest BCUT2D eigenvalue weighted by molar-refractivity contribution is 7.99. The minimum Gasteiger partial charge on any atom is -0.228 e. The number of aromatic nitrogens is 2. The standard InChI is InChI=1S/C53H42N2S2/c1-51(2)41-27-33-13-7-8-15-37(33)48(49(41)52(3,4)53(51,5)6)31-19-21-32(22-20-31)50-54-42(35-24-25-39-38-16-10-12-18-45(38)57-46(39)29-35)30-43(55-50)40-26-23-34-28-47(40)56-44-17-11-9-14-36(34)44/h7-30H,1-6H3. The first-order chi connectivity index (χ1) is 27.5. The maximum atomic E-state index is 5.36. The Labute approximate surface area is 342 Å². The Morgan fingerprint density at radius 1 is 0.456 bits per heavy atom. The lowest BCUT2D eigenvalue weighted by Gasteiger charge is -2.44. The summed E-state index contributed by atoms with van der Waals surface area (Å²) >= 11 is 3.67. The summed E-state index contributed by atoms with van der Waals surface area (Å²) in [5.41, 5.74) is 13.1. The van der Waals surface area contributed by atoms with Crippen LogP contribution in [-0.2, 0) is 10.8 Å². The summed E-state index contributed by atoms with van der Waals surface area (Å²) in [5, 5.41) is 5.19. The highest BCUT2D eigenvalue weighted by Crippen LogP contribution is 2.64. The molecule has 57 heavy (non-hydrogen) atoms. The third-order valence-electron chi connectivity index (χ3n) is 14.0. The maximum absolute atomic E-state index is 5.36. The van der Waals surface area contributed by atoms with E-state index in [4.69, 9.17) is 9.97 Å². The van der Waals surface area contributed by atoms with Crippen LogP contribution in [0.25, 0.3) is 87.1 Å². The van der Waals surface area contributed by atoms with E-state index in [1.165, 1.54) is 74.1 Å². The average Bonchev–Trinajstić information content (AvgIpc) is 3.65. The second-order valence-electron chi connectivity index (χ2n) is 17.4. The van der Waals surface area contributed by atoms with Crippen LogP contribution in [0.1, 0.15) is 52.7 Å². The SMILES string of the molecule is CC1(C)c2cc3ccccc3c(-c3ccc(-c4nc(-c5ccc6c(c5)sc5ccccc56)cc(-c5ccc6cc5Sc5ccccc5-6)n4)cc3)c2C(C)(C)C1(C)C. The van der Waals surface area contributed by atoms with Crippen molar-refractivity contribution in [2.75, 3.05) is 0 Å². The number of hydrogen-bond acceptors (Lipinski definition) is 4. The first-order valence-electron chi connectivity index (χ1n) is 19.9. The van der Waals surface area contributed by atoms with Crippen molar-refractivity contribution in [3.8, 4) is 56.2 Å². The zero-order valence-corrected chi connectivity index (χ0v) is 34.7. The zero-order chi connectivity index (χ0) is 38.8. The van der Waals surface area contributed by atoms with E-state index in [-0.39, 0.29) is 16.2 Å². The van der Waals surface area contributed by atoms with Crippen molar-refractivity contribution < 1.29 is 0 Å². The van der Waals surface area contributed by atoms with Crippen LogP contribution in [0.2, 0.25) is 0 Å². The van der Waals surface area contributed by atoms with Crippen LogP contribution in [0, 0.1) is 5.41 Å². The van der Waals surface area contributed by atoms with E-state index in [1.807, 2.05) is 23.1 Å². The molecule has 2 nitrogen and oxygen atoms in total.